The molecule has 0 fully saturated rings. The summed E-state index contributed by atoms with van der Waals surface area (Å²) in [6.45, 7) is 0.640. The quantitative estimate of drug-likeness (QED) is 0.168. The third-order valence-electron chi connectivity index (χ3n) is 10.6. The maximum atomic E-state index is 4.90. The minimum Gasteiger partial charge on any atom is -0.333 e. The molecule has 0 spiro atoms. The molecule has 3 aromatic carbocycles. The number of aromatic nitrogens is 4. The van der Waals surface area contributed by atoms with Gasteiger partial charge in [-0.1, -0.05) is 60.7 Å². The smallest absolute Gasteiger partial charge is 0.0659 e. The van der Waals surface area contributed by atoms with Gasteiger partial charge in [-0.2, -0.15) is 0 Å². The van der Waals surface area contributed by atoms with Crippen LogP contribution >= 0.6 is 0 Å². The maximum absolute atomic E-state index is 4.90. The first-order valence-electron chi connectivity index (χ1n) is 18.1. The Kier molecular flexibility index (Phi) is 7.68. The highest BCUT2D eigenvalue weighted by Gasteiger charge is 2.38. The summed E-state index contributed by atoms with van der Waals surface area (Å²) in [6.07, 6.45) is 23.8. The van der Waals surface area contributed by atoms with Crippen molar-refractivity contribution in [3.8, 4) is 5.69 Å². The van der Waals surface area contributed by atoms with Crippen molar-refractivity contribution in [2.45, 2.75) is 24.8 Å². The zero-order valence-corrected chi connectivity index (χ0v) is 29.0. The topological polar surface area (TPSA) is 71.6 Å². The van der Waals surface area contributed by atoms with Gasteiger partial charge in [0, 0.05) is 107 Å². The molecule has 0 amide bonds. The third-order valence-corrected chi connectivity index (χ3v) is 10.6. The van der Waals surface area contributed by atoms with E-state index in [-0.39, 0.29) is 12.0 Å². The highest BCUT2D eigenvalue weighted by atomic mass is 15.2. The normalized spacial score (nSPS) is 17.5. The number of aliphatic imine (C=N–C) groups is 2. The number of para-hydroxylation sites is 1. The van der Waals surface area contributed by atoms with E-state index in [2.05, 4.69) is 146 Å². The third kappa shape index (κ3) is 5.67. The van der Waals surface area contributed by atoms with Gasteiger partial charge in [-0.25, -0.2) is 0 Å². The van der Waals surface area contributed by atoms with E-state index in [4.69, 9.17) is 9.98 Å². The van der Waals surface area contributed by atoms with Gasteiger partial charge in [0.15, 0.2) is 0 Å². The molecule has 0 bridgehead atoms. The van der Waals surface area contributed by atoms with E-state index in [0.717, 1.165) is 52.0 Å². The van der Waals surface area contributed by atoms with Crippen LogP contribution in [-0.4, -0.2) is 44.0 Å². The molecule has 10 rings (SSSR count). The molecule has 53 heavy (non-hydrogen) atoms. The minimum atomic E-state index is 0.212. The van der Waals surface area contributed by atoms with Crippen molar-refractivity contribution in [1.29, 1.82) is 0 Å². The summed E-state index contributed by atoms with van der Waals surface area (Å²) in [4.78, 5) is 25.3. The van der Waals surface area contributed by atoms with Gasteiger partial charge in [-0.05, 0) is 82.9 Å². The number of benzene rings is 3. The number of fused-ring (bicyclic) bond motifs is 6. The zero-order valence-electron chi connectivity index (χ0n) is 29.0. The van der Waals surface area contributed by atoms with E-state index in [1.807, 2.05) is 43.4 Å². The van der Waals surface area contributed by atoms with E-state index in [0.29, 0.717) is 6.54 Å². The summed E-state index contributed by atoms with van der Waals surface area (Å²) in [5.41, 5.74) is 13.9. The van der Waals surface area contributed by atoms with Gasteiger partial charge < -0.3 is 9.47 Å². The van der Waals surface area contributed by atoms with Crippen molar-refractivity contribution in [2.24, 2.45) is 9.98 Å². The lowest BCUT2D eigenvalue weighted by Crippen LogP contribution is -2.29. The highest BCUT2D eigenvalue weighted by molar-refractivity contribution is 6.08. The maximum Gasteiger partial charge on any atom is 0.0659 e. The highest BCUT2D eigenvalue weighted by Crippen LogP contribution is 2.45. The van der Waals surface area contributed by atoms with Crippen LogP contribution in [0.3, 0.4) is 0 Å². The summed E-state index contributed by atoms with van der Waals surface area (Å²) < 4.78 is 2.32. The van der Waals surface area contributed by atoms with Crippen LogP contribution in [0.15, 0.2) is 169 Å². The molecule has 4 aromatic heterocycles. The van der Waals surface area contributed by atoms with Gasteiger partial charge >= 0.3 is 0 Å². The summed E-state index contributed by atoms with van der Waals surface area (Å²) in [5.74, 6) is 0.220. The van der Waals surface area contributed by atoms with Crippen molar-refractivity contribution in [2.75, 3.05) is 11.4 Å². The molecule has 3 aliphatic heterocycles. The Bertz CT molecular complexity index is 2590. The molecule has 3 aliphatic rings. The van der Waals surface area contributed by atoms with E-state index < -0.39 is 0 Å². The summed E-state index contributed by atoms with van der Waals surface area (Å²) in [5, 5.41) is 2.38. The number of hydrogen-bond acceptors (Lipinski definition) is 6. The molecule has 0 aliphatic carbocycles. The van der Waals surface area contributed by atoms with Gasteiger partial charge in [-0.3, -0.25) is 24.9 Å². The predicted molar refractivity (Wildman–Crippen MR) is 216 cm³/mol. The van der Waals surface area contributed by atoms with Crippen LogP contribution in [0, 0.1) is 0 Å². The second kappa shape index (κ2) is 13.1. The van der Waals surface area contributed by atoms with E-state index in [1.165, 1.54) is 39.0 Å². The fraction of sp³-hybridized carbons (Fsp3) is 0.109. The molecule has 7 nitrogen and oxygen atoms in total. The Morgan fingerprint density at radius 2 is 1.47 bits per heavy atom. The molecule has 254 valence electrons. The number of hydrogen-bond donors (Lipinski definition) is 0. The van der Waals surface area contributed by atoms with Crippen molar-refractivity contribution in [3.05, 3.63) is 186 Å². The van der Waals surface area contributed by atoms with Crippen LogP contribution in [0.25, 0.3) is 33.1 Å². The molecule has 0 radical (unpaired) electrons. The average Bonchev–Trinajstić information content (AvgIpc) is 3.62. The second-order valence-corrected chi connectivity index (χ2v) is 13.8. The Balaban J connectivity index is 0.796. The first kappa shape index (κ1) is 31.0. The van der Waals surface area contributed by atoms with E-state index >= 15 is 0 Å². The van der Waals surface area contributed by atoms with E-state index in [1.54, 1.807) is 0 Å². The number of nitrogens with zero attached hydrogens (tertiary/aromatic N) is 7. The first-order valence-corrected chi connectivity index (χ1v) is 18.1. The standard InChI is InChI=1S/C46H35N7/c1-2-4-43-39(3-1)40-28-47-21-18-44(40)52(43)37-13-5-31(6-14-37)25-35-11-9-33(17-24-50-35)34-10-12-36(51-27-34)26-32-7-15-38(16-8-32)53-45-19-22-48-29-41(45)42-30-49-23-20-46(42)53/h1-23,27-30,41,45H,24-26H2. The Morgan fingerprint density at radius 3 is 2.34 bits per heavy atom. The van der Waals surface area contributed by atoms with Crippen LogP contribution in [0.2, 0.25) is 0 Å². The summed E-state index contributed by atoms with van der Waals surface area (Å²) in [7, 11) is 0. The Morgan fingerprint density at radius 1 is 0.679 bits per heavy atom. The van der Waals surface area contributed by atoms with Crippen molar-refractivity contribution >= 4 is 50.7 Å². The minimum absolute atomic E-state index is 0.212. The largest absolute Gasteiger partial charge is 0.333 e. The van der Waals surface area contributed by atoms with Crippen LogP contribution in [0.1, 0.15) is 33.9 Å². The summed E-state index contributed by atoms with van der Waals surface area (Å²) >= 11 is 0. The fourth-order valence-electron chi connectivity index (χ4n) is 7.99. The van der Waals surface area contributed by atoms with Gasteiger partial charge in [0.25, 0.3) is 0 Å². The van der Waals surface area contributed by atoms with Crippen LogP contribution in [-0.2, 0) is 12.8 Å². The van der Waals surface area contributed by atoms with Crippen molar-refractivity contribution in [3.63, 3.8) is 0 Å². The lowest BCUT2D eigenvalue weighted by molar-refractivity contribution is 0.778. The fourth-order valence-corrected chi connectivity index (χ4v) is 7.99. The van der Waals surface area contributed by atoms with Gasteiger partial charge in [-0.15, -0.1) is 0 Å². The van der Waals surface area contributed by atoms with Crippen LogP contribution in [0.4, 0.5) is 11.4 Å². The number of anilines is 2. The van der Waals surface area contributed by atoms with Gasteiger partial charge in [0.1, 0.15) is 0 Å². The molecule has 2 unspecified atom stereocenters. The Labute approximate surface area is 307 Å². The van der Waals surface area contributed by atoms with Crippen LogP contribution < -0.4 is 4.90 Å². The molecule has 0 saturated carbocycles. The molecule has 2 atom stereocenters. The molecular weight excluding hydrogens is 651 g/mol. The van der Waals surface area contributed by atoms with E-state index in [9.17, 15) is 0 Å². The molecule has 7 aromatic rings. The van der Waals surface area contributed by atoms with Gasteiger partial charge in [0.05, 0.1) is 23.6 Å². The molecule has 0 N–H and O–H groups in total. The lowest BCUT2D eigenvalue weighted by atomic mass is 9.96. The SMILES string of the molecule is C1=CC2C(C=N1)c1cnccc1N2c1ccc(Cc2ccc(C3=CCN=C(Cc4ccc(-n5c6ccccc6c6cnccc65)cc4)C=C3)cn2)cc1. The molecule has 7 heterocycles. The number of allylic oxidation sites excluding steroid dienone is 3. The monoisotopic (exact) mass is 685 g/mol. The second-order valence-electron chi connectivity index (χ2n) is 13.8. The van der Waals surface area contributed by atoms with Crippen LogP contribution in [0.5, 0.6) is 0 Å². The molecule has 0 saturated heterocycles. The first-order chi connectivity index (χ1) is 26.3. The molecular formula is C46H35N7. The number of pyridine rings is 3. The predicted octanol–water partition coefficient (Wildman–Crippen LogP) is 9.40. The summed E-state index contributed by atoms with van der Waals surface area (Å²) in [6, 6.07) is 34.9. The molecule has 7 heteroatoms. The zero-order chi connectivity index (χ0) is 35.1. The Hall–Kier alpha value is -6.73. The average molecular weight is 686 g/mol. The van der Waals surface area contributed by atoms with Crippen molar-refractivity contribution < 1.29 is 0 Å². The van der Waals surface area contributed by atoms with Gasteiger partial charge in [0.2, 0.25) is 0 Å². The lowest BCUT2D eigenvalue weighted by Gasteiger charge is -2.28. The number of rotatable bonds is 7. The van der Waals surface area contributed by atoms with Crippen molar-refractivity contribution in [1.82, 2.24) is 19.5 Å².